The summed E-state index contributed by atoms with van der Waals surface area (Å²) in [5, 5.41) is 0. The van der Waals surface area contributed by atoms with Gasteiger partial charge in [0.1, 0.15) is 0 Å². The van der Waals surface area contributed by atoms with Crippen LogP contribution in [-0.4, -0.2) is 5.88 Å². The molecule has 0 spiro atoms. The Balaban J connectivity index is 2.40. The number of halogens is 1. The molecule has 0 N–H and O–H groups in total. The van der Waals surface area contributed by atoms with E-state index in [0.717, 1.165) is 6.42 Å². The van der Waals surface area contributed by atoms with Gasteiger partial charge in [-0.1, -0.05) is 66.2 Å². The normalized spacial score (nSPS) is 11.6. The number of alkyl halides is 1. The topological polar surface area (TPSA) is 0 Å². The van der Waals surface area contributed by atoms with Crippen molar-refractivity contribution in [3.63, 3.8) is 0 Å². The number of rotatable bonds is 4. The maximum absolute atomic E-state index is 5.80. The zero-order valence-electron chi connectivity index (χ0n) is 10.6. The first-order valence-electron chi connectivity index (χ1n) is 6.20. The summed E-state index contributed by atoms with van der Waals surface area (Å²) in [6.45, 7) is 2.11. The van der Waals surface area contributed by atoms with Gasteiger partial charge in [-0.15, -0.1) is 11.6 Å². The van der Waals surface area contributed by atoms with E-state index >= 15 is 0 Å². The Kier molecular flexibility index (Phi) is 4.60. The van der Waals surface area contributed by atoms with Crippen molar-refractivity contribution in [1.82, 2.24) is 0 Å². The van der Waals surface area contributed by atoms with Crippen molar-refractivity contribution in [1.29, 1.82) is 0 Å². The summed E-state index contributed by atoms with van der Waals surface area (Å²) in [4.78, 5) is 0. The second-order valence-electron chi connectivity index (χ2n) is 4.33. The van der Waals surface area contributed by atoms with Crippen LogP contribution in [0.25, 0.3) is 5.57 Å². The zero-order valence-corrected chi connectivity index (χ0v) is 11.3. The van der Waals surface area contributed by atoms with Gasteiger partial charge in [0.05, 0.1) is 0 Å². The molecule has 92 valence electrons. The van der Waals surface area contributed by atoms with Crippen LogP contribution in [0.1, 0.15) is 23.1 Å². The van der Waals surface area contributed by atoms with Crippen LogP contribution in [0.2, 0.25) is 0 Å². The van der Waals surface area contributed by atoms with E-state index in [0.29, 0.717) is 5.88 Å². The molecule has 0 aliphatic heterocycles. The molecule has 0 radical (unpaired) electrons. The predicted octanol–water partition coefficient (Wildman–Crippen LogP) is 5.06. The Hall–Kier alpha value is -1.53. The molecule has 2 aromatic carbocycles. The van der Waals surface area contributed by atoms with Gasteiger partial charge in [0.25, 0.3) is 0 Å². The molecule has 0 nitrogen and oxygen atoms in total. The van der Waals surface area contributed by atoms with Gasteiger partial charge in [0, 0.05) is 5.88 Å². The lowest BCUT2D eigenvalue weighted by Crippen LogP contribution is -1.89. The van der Waals surface area contributed by atoms with Crippen molar-refractivity contribution >= 4 is 17.2 Å². The first-order valence-corrected chi connectivity index (χ1v) is 6.73. The van der Waals surface area contributed by atoms with E-state index in [9.17, 15) is 0 Å². The minimum Gasteiger partial charge on any atom is -0.126 e. The SMILES string of the molecule is Cc1ccc(/C(=C/CCCl)c2ccccc2)cc1. The Morgan fingerprint density at radius 3 is 2.17 bits per heavy atom. The summed E-state index contributed by atoms with van der Waals surface area (Å²) >= 11 is 5.80. The lowest BCUT2D eigenvalue weighted by molar-refractivity contribution is 1.23. The molecule has 0 saturated carbocycles. The quantitative estimate of drug-likeness (QED) is 0.671. The average Bonchev–Trinajstić information content (AvgIpc) is 2.42. The predicted molar refractivity (Wildman–Crippen MR) is 80.0 cm³/mol. The third-order valence-corrected chi connectivity index (χ3v) is 3.12. The molecular weight excluding hydrogens is 240 g/mol. The molecule has 0 bridgehead atoms. The fourth-order valence-corrected chi connectivity index (χ4v) is 2.06. The smallest absolute Gasteiger partial charge is 0.0258 e. The molecule has 0 fully saturated rings. The molecule has 0 amide bonds. The van der Waals surface area contributed by atoms with Gasteiger partial charge in [-0.2, -0.15) is 0 Å². The van der Waals surface area contributed by atoms with Gasteiger partial charge in [-0.05, 0) is 30.0 Å². The van der Waals surface area contributed by atoms with Crippen LogP contribution in [0.4, 0.5) is 0 Å². The monoisotopic (exact) mass is 256 g/mol. The molecule has 0 heterocycles. The van der Waals surface area contributed by atoms with Crippen LogP contribution >= 0.6 is 11.6 Å². The molecule has 18 heavy (non-hydrogen) atoms. The summed E-state index contributed by atoms with van der Waals surface area (Å²) in [5.74, 6) is 0.655. The molecule has 2 aromatic rings. The molecule has 0 aliphatic carbocycles. The van der Waals surface area contributed by atoms with Gasteiger partial charge in [-0.3, -0.25) is 0 Å². The highest BCUT2D eigenvalue weighted by molar-refractivity contribution is 6.18. The minimum absolute atomic E-state index is 0.655. The second-order valence-corrected chi connectivity index (χ2v) is 4.71. The van der Waals surface area contributed by atoms with Crippen LogP contribution in [0.15, 0.2) is 60.7 Å². The van der Waals surface area contributed by atoms with Gasteiger partial charge in [0.15, 0.2) is 0 Å². The largest absolute Gasteiger partial charge is 0.126 e. The van der Waals surface area contributed by atoms with E-state index in [4.69, 9.17) is 11.6 Å². The third-order valence-electron chi connectivity index (χ3n) is 2.90. The molecule has 0 atom stereocenters. The standard InChI is InChI=1S/C17H17Cl/c1-14-9-11-16(12-10-14)17(8-5-13-18)15-6-3-2-4-7-15/h2-4,6-12H,5,13H2,1H3/b17-8+. The number of hydrogen-bond donors (Lipinski definition) is 0. The Morgan fingerprint density at radius 1 is 0.944 bits per heavy atom. The summed E-state index contributed by atoms with van der Waals surface area (Å²) < 4.78 is 0. The lowest BCUT2D eigenvalue weighted by Gasteiger charge is -2.09. The fraction of sp³-hybridized carbons (Fsp3) is 0.176. The van der Waals surface area contributed by atoms with E-state index in [1.54, 1.807) is 0 Å². The van der Waals surface area contributed by atoms with Crippen LogP contribution < -0.4 is 0 Å². The van der Waals surface area contributed by atoms with Crippen LogP contribution in [-0.2, 0) is 0 Å². The molecule has 1 heteroatoms. The Bertz CT molecular complexity index is 509. The van der Waals surface area contributed by atoms with Gasteiger partial charge in [-0.25, -0.2) is 0 Å². The van der Waals surface area contributed by atoms with Crippen molar-refractivity contribution in [2.45, 2.75) is 13.3 Å². The molecule has 2 rings (SSSR count). The minimum atomic E-state index is 0.655. The van der Waals surface area contributed by atoms with E-state index in [1.807, 2.05) is 6.07 Å². The van der Waals surface area contributed by atoms with E-state index in [2.05, 4.69) is 61.5 Å². The molecule has 0 aliphatic rings. The summed E-state index contributed by atoms with van der Waals surface area (Å²) in [5.41, 5.74) is 5.03. The number of benzene rings is 2. The Labute approximate surface area is 114 Å². The molecule has 0 aromatic heterocycles. The number of hydrogen-bond acceptors (Lipinski definition) is 0. The van der Waals surface area contributed by atoms with E-state index < -0.39 is 0 Å². The number of allylic oxidation sites excluding steroid dienone is 1. The van der Waals surface area contributed by atoms with Crippen molar-refractivity contribution in [3.8, 4) is 0 Å². The van der Waals surface area contributed by atoms with Crippen molar-refractivity contribution in [2.24, 2.45) is 0 Å². The highest BCUT2D eigenvalue weighted by Gasteiger charge is 2.03. The first-order chi connectivity index (χ1) is 8.81. The van der Waals surface area contributed by atoms with Crippen LogP contribution in [0.3, 0.4) is 0 Å². The third kappa shape index (κ3) is 3.24. The van der Waals surface area contributed by atoms with E-state index in [-0.39, 0.29) is 0 Å². The van der Waals surface area contributed by atoms with Gasteiger partial charge in [0.2, 0.25) is 0 Å². The highest BCUT2D eigenvalue weighted by Crippen LogP contribution is 2.24. The lowest BCUT2D eigenvalue weighted by atomic mass is 9.96. The molecule has 0 saturated heterocycles. The summed E-state index contributed by atoms with van der Waals surface area (Å²) in [6, 6.07) is 19.1. The fourth-order valence-electron chi connectivity index (χ4n) is 1.95. The van der Waals surface area contributed by atoms with Crippen molar-refractivity contribution < 1.29 is 0 Å². The summed E-state index contributed by atoms with van der Waals surface area (Å²) in [6.07, 6.45) is 3.10. The first kappa shape index (κ1) is 12.9. The van der Waals surface area contributed by atoms with Gasteiger partial charge < -0.3 is 0 Å². The number of aryl methyl sites for hydroxylation is 1. The molecule has 0 unspecified atom stereocenters. The summed E-state index contributed by atoms with van der Waals surface area (Å²) in [7, 11) is 0. The van der Waals surface area contributed by atoms with Crippen molar-refractivity contribution in [3.05, 3.63) is 77.4 Å². The average molecular weight is 257 g/mol. The van der Waals surface area contributed by atoms with Crippen molar-refractivity contribution in [2.75, 3.05) is 5.88 Å². The zero-order chi connectivity index (χ0) is 12.8. The highest BCUT2D eigenvalue weighted by atomic mass is 35.5. The second kappa shape index (κ2) is 6.42. The Morgan fingerprint density at radius 2 is 1.56 bits per heavy atom. The maximum atomic E-state index is 5.80. The van der Waals surface area contributed by atoms with E-state index in [1.165, 1.54) is 22.3 Å². The van der Waals surface area contributed by atoms with Gasteiger partial charge >= 0.3 is 0 Å². The maximum Gasteiger partial charge on any atom is 0.0258 e. The van der Waals surface area contributed by atoms with Crippen LogP contribution in [0.5, 0.6) is 0 Å². The van der Waals surface area contributed by atoms with Crippen LogP contribution in [0, 0.1) is 6.92 Å². The molecular formula is C17H17Cl.